The fourth-order valence-electron chi connectivity index (χ4n) is 3.28. The first-order valence-corrected chi connectivity index (χ1v) is 10.0. The van der Waals surface area contributed by atoms with E-state index in [0.29, 0.717) is 17.9 Å². The molecule has 31 heavy (non-hydrogen) atoms. The van der Waals surface area contributed by atoms with Gasteiger partial charge in [0.2, 0.25) is 5.91 Å². The zero-order chi connectivity index (χ0) is 22.4. The Morgan fingerprint density at radius 1 is 1.03 bits per heavy atom. The molecule has 0 aliphatic carbocycles. The first-order chi connectivity index (χ1) is 14.9. The molecule has 0 radical (unpaired) electrons. The molecule has 162 valence electrons. The minimum Gasteiger partial charge on any atom is -0.467 e. The van der Waals surface area contributed by atoms with Gasteiger partial charge in [-0.15, -0.1) is 0 Å². The molecule has 0 atom stereocenters. The zero-order valence-corrected chi connectivity index (χ0v) is 17.9. The molecule has 0 saturated carbocycles. The van der Waals surface area contributed by atoms with Gasteiger partial charge < -0.3 is 19.5 Å². The minimum absolute atomic E-state index is 0.0909. The van der Waals surface area contributed by atoms with Crippen LogP contribution in [0.4, 0.5) is 15.8 Å². The van der Waals surface area contributed by atoms with E-state index in [-0.39, 0.29) is 30.5 Å². The average molecular weight is 423 g/mol. The molecular formula is C24H26FN3O3. The van der Waals surface area contributed by atoms with Crippen molar-refractivity contribution in [3.05, 3.63) is 83.6 Å². The number of anilines is 2. The normalized spacial score (nSPS) is 10.6. The average Bonchev–Trinajstić information content (AvgIpc) is 3.25. The molecule has 0 spiro atoms. The van der Waals surface area contributed by atoms with Crippen LogP contribution in [0.2, 0.25) is 0 Å². The molecule has 7 heteroatoms. The van der Waals surface area contributed by atoms with Gasteiger partial charge in [0, 0.05) is 44.0 Å². The Morgan fingerprint density at radius 3 is 2.48 bits per heavy atom. The van der Waals surface area contributed by atoms with Gasteiger partial charge in [0.15, 0.2) is 0 Å². The SMILES string of the molecule is CCC(=O)Nc1ccc(N(C)C)c(CN(Cc2ccco2)C(=O)c2cccc(F)c2)c1. The van der Waals surface area contributed by atoms with E-state index < -0.39 is 5.82 Å². The number of hydrogen-bond acceptors (Lipinski definition) is 4. The quantitative estimate of drug-likeness (QED) is 0.572. The van der Waals surface area contributed by atoms with E-state index >= 15 is 0 Å². The van der Waals surface area contributed by atoms with Gasteiger partial charge in [0.1, 0.15) is 11.6 Å². The maximum atomic E-state index is 13.7. The predicted molar refractivity (Wildman–Crippen MR) is 118 cm³/mol. The van der Waals surface area contributed by atoms with Crippen LogP contribution in [-0.2, 0) is 17.9 Å². The van der Waals surface area contributed by atoms with E-state index in [0.717, 1.165) is 11.3 Å². The lowest BCUT2D eigenvalue weighted by atomic mass is 10.1. The highest BCUT2D eigenvalue weighted by Gasteiger charge is 2.20. The second kappa shape index (κ2) is 9.93. The number of furan rings is 1. The second-order valence-corrected chi connectivity index (χ2v) is 7.39. The lowest BCUT2D eigenvalue weighted by Crippen LogP contribution is -2.31. The van der Waals surface area contributed by atoms with Crippen molar-refractivity contribution in [3.8, 4) is 0 Å². The van der Waals surface area contributed by atoms with Crippen LogP contribution in [0.3, 0.4) is 0 Å². The van der Waals surface area contributed by atoms with Crippen LogP contribution in [0.5, 0.6) is 0 Å². The molecule has 0 aliphatic heterocycles. The molecule has 3 aromatic rings. The summed E-state index contributed by atoms with van der Waals surface area (Å²) in [4.78, 5) is 28.6. The summed E-state index contributed by atoms with van der Waals surface area (Å²) in [6.07, 6.45) is 1.92. The molecule has 0 aliphatic rings. The van der Waals surface area contributed by atoms with Crippen molar-refractivity contribution >= 4 is 23.2 Å². The molecule has 1 N–H and O–H groups in total. The van der Waals surface area contributed by atoms with Crippen LogP contribution >= 0.6 is 0 Å². The Morgan fingerprint density at radius 2 is 1.84 bits per heavy atom. The van der Waals surface area contributed by atoms with Crippen molar-refractivity contribution in [1.29, 1.82) is 0 Å². The minimum atomic E-state index is -0.470. The summed E-state index contributed by atoms with van der Waals surface area (Å²) in [6, 6.07) is 14.8. The van der Waals surface area contributed by atoms with E-state index in [1.54, 1.807) is 36.3 Å². The van der Waals surface area contributed by atoms with Crippen LogP contribution in [0.15, 0.2) is 65.3 Å². The van der Waals surface area contributed by atoms with Crippen LogP contribution in [0.1, 0.15) is 35.0 Å². The van der Waals surface area contributed by atoms with Crippen molar-refractivity contribution < 1.29 is 18.4 Å². The summed E-state index contributed by atoms with van der Waals surface area (Å²) in [5, 5.41) is 2.86. The first kappa shape index (κ1) is 22.1. The lowest BCUT2D eigenvalue weighted by Gasteiger charge is -2.26. The Kier molecular flexibility index (Phi) is 7.07. The Bertz CT molecular complexity index is 1050. The highest BCUT2D eigenvalue weighted by Crippen LogP contribution is 2.26. The molecule has 2 aromatic carbocycles. The molecule has 0 bridgehead atoms. The van der Waals surface area contributed by atoms with Gasteiger partial charge in [-0.1, -0.05) is 13.0 Å². The second-order valence-electron chi connectivity index (χ2n) is 7.39. The molecule has 1 aromatic heterocycles. The number of amides is 2. The summed E-state index contributed by atoms with van der Waals surface area (Å²) >= 11 is 0. The van der Waals surface area contributed by atoms with Crippen LogP contribution in [-0.4, -0.2) is 30.8 Å². The van der Waals surface area contributed by atoms with Gasteiger partial charge in [0.05, 0.1) is 12.8 Å². The monoisotopic (exact) mass is 423 g/mol. The first-order valence-electron chi connectivity index (χ1n) is 10.0. The molecule has 3 rings (SSSR count). The molecule has 6 nitrogen and oxygen atoms in total. The van der Waals surface area contributed by atoms with Crippen LogP contribution < -0.4 is 10.2 Å². The fraction of sp³-hybridized carbons (Fsp3) is 0.250. The molecule has 0 unspecified atom stereocenters. The number of nitrogens with zero attached hydrogens (tertiary/aromatic N) is 2. The maximum Gasteiger partial charge on any atom is 0.254 e. The van der Waals surface area contributed by atoms with Gasteiger partial charge >= 0.3 is 0 Å². The van der Waals surface area contributed by atoms with E-state index in [9.17, 15) is 14.0 Å². The standard InChI is InChI=1S/C24H26FN3O3/c1-4-23(29)26-20-10-11-22(27(2)3)18(14-20)15-28(16-21-9-6-12-31-21)24(30)17-7-5-8-19(25)13-17/h5-14H,4,15-16H2,1-3H3,(H,26,29). The summed E-state index contributed by atoms with van der Waals surface area (Å²) in [5.74, 6) is -0.260. The van der Waals surface area contributed by atoms with Crippen LogP contribution in [0.25, 0.3) is 0 Å². The third-order valence-electron chi connectivity index (χ3n) is 4.81. The lowest BCUT2D eigenvalue weighted by molar-refractivity contribution is -0.115. The van der Waals surface area contributed by atoms with Gasteiger partial charge in [-0.05, 0) is 54.1 Å². The smallest absolute Gasteiger partial charge is 0.254 e. The summed E-state index contributed by atoms with van der Waals surface area (Å²) in [6.45, 7) is 2.26. The van der Waals surface area contributed by atoms with Gasteiger partial charge in [0.25, 0.3) is 5.91 Å². The highest BCUT2D eigenvalue weighted by molar-refractivity contribution is 5.94. The van der Waals surface area contributed by atoms with Crippen molar-refractivity contribution in [3.63, 3.8) is 0 Å². The molecule has 0 saturated heterocycles. The number of nitrogens with one attached hydrogen (secondary N) is 1. The molecule has 0 fully saturated rings. The third-order valence-corrected chi connectivity index (χ3v) is 4.81. The summed E-state index contributed by atoms with van der Waals surface area (Å²) < 4.78 is 19.2. The van der Waals surface area contributed by atoms with E-state index in [4.69, 9.17) is 4.42 Å². The predicted octanol–water partition coefficient (Wildman–Crippen LogP) is 4.68. The maximum absolute atomic E-state index is 13.7. The van der Waals surface area contributed by atoms with Crippen molar-refractivity contribution in [2.45, 2.75) is 26.4 Å². The third kappa shape index (κ3) is 5.72. The summed E-state index contributed by atoms with van der Waals surface area (Å²) in [5.41, 5.74) is 2.66. The highest BCUT2D eigenvalue weighted by atomic mass is 19.1. The topological polar surface area (TPSA) is 65.8 Å². The van der Waals surface area contributed by atoms with Crippen molar-refractivity contribution in [1.82, 2.24) is 4.90 Å². The Labute approximate surface area is 181 Å². The van der Waals surface area contributed by atoms with Gasteiger partial charge in [-0.2, -0.15) is 0 Å². The zero-order valence-electron chi connectivity index (χ0n) is 17.9. The van der Waals surface area contributed by atoms with Crippen molar-refractivity contribution in [2.24, 2.45) is 0 Å². The number of hydrogen-bond donors (Lipinski definition) is 1. The number of carbonyl (C=O) groups is 2. The van der Waals surface area contributed by atoms with E-state index in [1.165, 1.54) is 18.2 Å². The van der Waals surface area contributed by atoms with Crippen LogP contribution in [0, 0.1) is 5.82 Å². The largest absolute Gasteiger partial charge is 0.467 e. The van der Waals surface area contributed by atoms with Crippen molar-refractivity contribution in [2.75, 3.05) is 24.3 Å². The van der Waals surface area contributed by atoms with Gasteiger partial charge in [-0.3, -0.25) is 9.59 Å². The summed E-state index contributed by atoms with van der Waals surface area (Å²) in [7, 11) is 3.82. The number of halogens is 1. The number of benzene rings is 2. The Hall–Kier alpha value is -3.61. The molecule has 2 amide bonds. The van der Waals surface area contributed by atoms with E-state index in [2.05, 4.69) is 5.32 Å². The van der Waals surface area contributed by atoms with E-state index in [1.807, 2.05) is 37.2 Å². The molecular weight excluding hydrogens is 397 g/mol. The van der Waals surface area contributed by atoms with Gasteiger partial charge in [-0.25, -0.2) is 4.39 Å². The number of carbonyl (C=O) groups excluding carboxylic acids is 2. The number of rotatable bonds is 8. The Balaban J connectivity index is 1.96. The fourth-order valence-corrected chi connectivity index (χ4v) is 3.28. The molecule has 1 heterocycles.